The Bertz CT molecular complexity index is 729. The van der Waals surface area contributed by atoms with E-state index in [0.29, 0.717) is 0 Å². The lowest BCUT2D eigenvalue weighted by atomic mass is 9.99. The van der Waals surface area contributed by atoms with Crippen molar-refractivity contribution >= 4 is 27.6 Å². The maximum atomic E-state index is 12.7. The Morgan fingerprint density at radius 1 is 1.17 bits per heavy atom. The molecule has 1 atom stereocenters. The molecule has 0 aliphatic carbocycles. The molecule has 4 heteroatoms. The standard InChI is InChI=1S/C19H21BrN2O/c1-13-6-3-4-7-16(13)18-8-5-11-22(18)19(23)21-15-9-10-17(20)14(2)12-15/h3-4,6-7,9-10,12,18H,5,8,11H2,1-2H3,(H,21,23)/t18-/m1/s1. The van der Waals surface area contributed by atoms with E-state index in [9.17, 15) is 4.79 Å². The molecule has 2 amide bonds. The minimum Gasteiger partial charge on any atom is -0.317 e. The third kappa shape index (κ3) is 3.42. The van der Waals surface area contributed by atoms with Gasteiger partial charge in [-0.05, 0) is 61.6 Å². The van der Waals surface area contributed by atoms with Gasteiger partial charge < -0.3 is 10.2 Å². The first-order chi connectivity index (χ1) is 11.1. The summed E-state index contributed by atoms with van der Waals surface area (Å²) in [6, 6.07) is 14.4. The number of nitrogens with one attached hydrogen (secondary N) is 1. The monoisotopic (exact) mass is 372 g/mol. The van der Waals surface area contributed by atoms with Crippen LogP contribution in [-0.4, -0.2) is 17.5 Å². The van der Waals surface area contributed by atoms with E-state index in [0.717, 1.165) is 35.1 Å². The SMILES string of the molecule is Cc1cc(NC(=O)N2CCC[C@@H]2c2ccccc2C)ccc1Br. The molecule has 0 saturated carbocycles. The van der Waals surface area contributed by atoms with Crippen LogP contribution in [-0.2, 0) is 0 Å². The number of amides is 2. The fourth-order valence-electron chi connectivity index (χ4n) is 3.21. The lowest BCUT2D eigenvalue weighted by molar-refractivity contribution is 0.207. The number of anilines is 1. The molecule has 2 aromatic rings. The largest absolute Gasteiger partial charge is 0.322 e. The van der Waals surface area contributed by atoms with E-state index in [1.54, 1.807) is 0 Å². The van der Waals surface area contributed by atoms with E-state index < -0.39 is 0 Å². The minimum atomic E-state index is -0.0162. The van der Waals surface area contributed by atoms with Crippen LogP contribution in [0.25, 0.3) is 0 Å². The molecular formula is C19H21BrN2O. The van der Waals surface area contributed by atoms with Gasteiger partial charge in [-0.3, -0.25) is 0 Å². The van der Waals surface area contributed by atoms with Crippen LogP contribution in [0.4, 0.5) is 10.5 Å². The Labute approximate surface area is 145 Å². The average Bonchev–Trinajstić information content (AvgIpc) is 3.01. The summed E-state index contributed by atoms with van der Waals surface area (Å²) in [6.45, 7) is 4.94. The van der Waals surface area contributed by atoms with Crippen molar-refractivity contribution in [3.8, 4) is 0 Å². The van der Waals surface area contributed by atoms with Gasteiger partial charge in [-0.15, -0.1) is 0 Å². The number of hydrogen-bond acceptors (Lipinski definition) is 1. The molecule has 1 N–H and O–H groups in total. The lowest BCUT2D eigenvalue weighted by Gasteiger charge is -2.26. The topological polar surface area (TPSA) is 32.3 Å². The number of likely N-dealkylation sites (tertiary alicyclic amines) is 1. The van der Waals surface area contributed by atoms with E-state index in [2.05, 4.69) is 46.4 Å². The summed E-state index contributed by atoms with van der Waals surface area (Å²) in [5.41, 5.74) is 4.45. The van der Waals surface area contributed by atoms with E-state index in [1.807, 2.05) is 36.1 Å². The molecule has 0 radical (unpaired) electrons. The second-order valence-corrected chi connectivity index (χ2v) is 6.96. The maximum absolute atomic E-state index is 12.7. The van der Waals surface area contributed by atoms with Crippen molar-refractivity contribution in [2.75, 3.05) is 11.9 Å². The third-order valence-corrected chi connectivity index (χ3v) is 5.36. The summed E-state index contributed by atoms with van der Waals surface area (Å²) in [7, 11) is 0. The van der Waals surface area contributed by atoms with Crippen molar-refractivity contribution in [2.45, 2.75) is 32.7 Å². The van der Waals surface area contributed by atoms with Crippen LogP contribution in [0.3, 0.4) is 0 Å². The molecule has 2 aromatic carbocycles. The number of aryl methyl sites for hydroxylation is 2. The zero-order chi connectivity index (χ0) is 16.4. The van der Waals surface area contributed by atoms with E-state index >= 15 is 0 Å². The van der Waals surface area contributed by atoms with E-state index in [1.165, 1.54) is 11.1 Å². The Morgan fingerprint density at radius 2 is 1.96 bits per heavy atom. The quantitative estimate of drug-likeness (QED) is 0.748. The molecule has 3 nitrogen and oxygen atoms in total. The van der Waals surface area contributed by atoms with Crippen LogP contribution >= 0.6 is 15.9 Å². The van der Waals surface area contributed by atoms with Gasteiger partial charge in [0.1, 0.15) is 0 Å². The van der Waals surface area contributed by atoms with Crippen LogP contribution in [0.15, 0.2) is 46.9 Å². The van der Waals surface area contributed by atoms with Crippen molar-refractivity contribution in [1.82, 2.24) is 4.90 Å². The zero-order valence-electron chi connectivity index (χ0n) is 13.5. The van der Waals surface area contributed by atoms with Gasteiger partial charge in [-0.2, -0.15) is 0 Å². The summed E-state index contributed by atoms with van der Waals surface area (Å²) in [6.07, 6.45) is 2.07. The average molecular weight is 373 g/mol. The smallest absolute Gasteiger partial charge is 0.317 e. The molecule has 0 spiro atoms. The minimum absolute atomic E-state index is 0.0162. The molecule has 3 rings (SSSR count). The highest BCUT2D eigenvalue weighted by molar-refractivity contribution is 9.10. The highest BCUT2D eigenvalue weighted by Crippen LogP contribution is 2.34. The predicted octanol–water partition coefficient (Wildman–Crippen LogP) is 5.43. The number of rotatable bonds is 2. The normalized spacial score (nSPS) is 17.3. The molecule has 120 valence electrons. The highest BCUT2D eigenvalue weighted by atomic mass is 79.9. The highest BCUT2D eigenvalue weighted by Gasteiger charge is 2.30. The van der Waals surface area contributed by atoms with E-state index in [-0.39, 0.29) is 12.1 Å². The molecule has 1 saturated heterocycles. The number of urea groups is 1. The number of benzene rings is 2. The Hall–Kier alpha value is -1.81. The number of carbonyl (C=O) groups excluding carboxylic acids is 1. The number of hydrogen-bond donors (Lipinski definition) is 1. The first-order valence-electron chi connectivity index (χ1n) is 7.95. The van der Waals surface area contributed by atoms with Gasteiger partial charge in [-0.1, -0.05) is 40.2 Å². The van der Waals surface area contributed by atoms with Crippen molar-refractivity contribution in [2.24, 2.45) is 0 Å². The number of halogens is 1. The zero-order valence-corrected chi connectivity index (χ0v) is 15.1. The molecule has 1 fully saturated rings. The van der Waals surface area contributed by atoms with Crippen LogP contribution in [0.1, 0.15) is 35.6 Å². The third-order valence-electron chi connectivity index (χ3n) is 4.47. The van der Waals surface area contributed by atoms with Gasteiger partial charge in [0.25, 0.3) is 0 Å². The first kappa shape index (κ1) is 16.1. The summed E-state index contributed by atoms with van der Waals surface area (Å²) >= 11 is 3.49. The van der Waals surface area contributed by atoms with Crippen LogP contribution in [0, 0.1) is 13.8 Å². The Balaban J connectivity index is 1.78. The molecule has 0 aromatic heterocycles. The van der Waals surface area contributed by atoms with E-state index in [4.69, 9.17) is 0 Å². The van der Waals surface area contributed by atoms with Crippen LogP contribution in [0.2, 0.25) is 0 Å². The molecule has 1 heterocycles. The van der Waals surface area contributed by atoms with Gasteiger partial charge in [-0.25, -0.2) is 4.79 Å². The van der Waals surface area contributed by atoms with Crippen molar-refractivity contribution in [1.29, 1.82) is 0 Å². The van der Waals surface area contributed by atoms with Gasteiger partial charge in [0, 0.05) is 16.7 Å². The summed E-state index contributed by atoms with van der Waals surface area (Å²) in [4.78, 5) is 14.7. The van der Waals surface area contributed by atoms with Crippen LogP contribution in [0.5, 0.6) is 0 Å². The summed E-state index contributed by atoms with van der Waals surface area (Å²) < 4.78 is 1.05. The van der Waals surface area contributed by atoms with Gasteiger partial charge in [0.05, 0.1) is 6.04 Å². The Morgan fingerprint density at radius 3 is 2.70 bits per heavy atom. The molecule has 1 aliphatic heterocycles. The van der Waals surface area contributed by atoms with Crippen LogP contribution < -0.4 is 5.32 Å². The fourth-order valence-corrected chi connectivity index (χ4v) is 3.46. The van der Waals surface area contributed by atoms with Crippen molar-refractivity contribution in [3.05, 3.63) is 63.6 Å². The summed E-state index contributed by atoms with van der Waals surface area (Å²) in [5, 5.41) is 3.04. The molecule has 23 heavy (non-hydrogen) atoms. The van der Waals surface area contributed by atoms with Crippen molar-refractivity contribution < 1.29 is 4.79 Å². The van der Waals surface area contributed by atoms with Gasteiger partial charge in [0.15, 0.2) is 0 Å². The van der Waals surface area contributed by atoms with Gasteiger partial charge >= 0.3 is 6.03 Å². The maximum Gasteiger partial charge on any atom is 0.322 e. The number of nitrogens with zero attached hydrogens (tertiary/aromatic N) is 1. The molecule has 1 aliphatic rings. The molecular weight excluding hydrogens is 352 g/mol. The molecule has 0 unspecified atom stereocenters. The first-order valence-corrected chi connectivity index (χ1v) is 8.75. The molecule has 0 bridgehead atoms. The predicted molar refractivity (Wildman–Crippen MR) is 97.8 cm³/mol. The second-order valence-electron chi connectivity index (χ2n) is 6.10. The Kier molecular flexibility index (Phi) is 4.71. The lowest BCUT2D eigenvalue weighted by Crippen LogP contribution is -2.34. The summed E-state index contributed by atoms with van der Waals surface area (Å²) in [5.74, 6) is 0. The fraction of sp³-hybridized carbons (Fsp3) is 0.316. The number of carbonyl (C=O) groups is 1. The van der Waals surface area contributed by atoms with Gasteiger partial charge in [0.2, 0.25) is 0 Å². The second kappa shape index (κ2) is 6.75. The van der Waals surface area contributed by atoms with Crippen molar-refractivity contribution in [3.63, 3.8) is 0 Å².